The van der Waals surface area contributed by atoms with E-state index in [2.05, 4.69) is 53.0 Å². The molecule has 0 spiro atoms. The fourth-order valence-corrected chi connectivity index (χ4v) is 6.07. The molecule has 8 heteroatoms. The number of hydrogen-bond acceptors (Lipinski definition) is 5. The highest BCUT2D eigenvalue weighted by Gasteiger charge is 2.40. The molecular weight excluding hydrogens is 497 g/mol. The number of thioether (sulfide) groups is 1. The maximum absolute atomic E-state index is 5.59. The van der Waals surface area contributed by atoms with E-state index in [9.17, 15) is 0 Å². The molecule has 1 unspecified atom stereocenters. The maximum Gasteiger partial charge on any atom is 0.191 e. The van der Waals surface area contributed by atoms with Gasteiger partial charge in [0.1, 0.15) is 0 Å². The molecule has 1 atom stereocenters. The van der Waals surface area contributed by atoms with Crippen molar-refractivity contribution in [3.05, 3.63) is 0 Å². The zero-order valence-corrected chi connectivity index (χ0v) is 21.8. The van der Waals surface area contributed by atoms with Crippen LogP contribution in [0, 0.1) is 0 Å². The van der Waals surface area contributed by atoms with Crippen molar-refractivity contribution in [3.63, 3.8) is 0 Å². The van der Waals surface area contributed by atoms with Crippen LogP contribution in [-0.2, 0) is 4.74 Å². The third-order valence-electron chi connectivity index (χ3n) is 6.53. The Morgan fingerprint density at radius 1 is 1.10 bits per heavy atom. The van der Waals surface area contributed by atoms with Gasteiger partial charge >= 0.3 is 0 Å². The Morgan fingerprint density at radius 2 is 1.83 bits per heavy atom. The van der Waals surface area contributed by atoms with Gasteiger partial charge in [0.05, 0.1) is 19.8 Å². The molecule has 3 fully saturated rings. The number of nitrogens with one attached hydrogen (secondary N) is 2. The molecule has 3 aliphatic rings. The van der Waals surface area contributed by atoms with Crippen LogP contribution in [0.4, 0.5) is 0 Å². The minimum absolute atomic E-state index is 0. The second-order valence-electron chi connectivity index (χ2n) is 9.04. The average Bonchev–Trinajstić information content (AvgIpc) is 3.22. The van der Waals surface area contributed by atoms with Gasteiger partial charge in [0, 0.05) is 43.0 Å². The van der Waals surface area contributed by atoms with Gasteiger partial charge in [-0.1, -0.05) is 6.42 Å². The molecule has 29 heavy (non-hydrogen) atoms. The molecule has 2 N–H and O–H groups in total. The zero-order valence-electron chi connectivity index (χ0n) is 18.7. The molecule has 0 aromatic carbocycles. The van der Waals surface area contributed by atoms with Crippen LogP contribution in [0.25, 0.3) is 0 Å². The third kappa shape index (κ3) is 7.12. The zero-order chi connectivity index (χ0) is 19.9. The second-order valence-corrected chi connectivity index (χ2v) is 10.1. The summed E-state index contributed by atoms with van der Waals surface area (Å²) in [5.74, 6) is 3.44. The molecule has 0 bridgehead atoms. The summed E-state index contributed by atoms with van der Waals surface area (Å²) < 4.78 is 5.59. The first-order chi connectivity index (χ1) is 13.6. The minimum atomic E-state index is 0. The van der Waals surface area contributed by atoms with Crippen LogP contribution < -0.4 is 10.6 Å². The number of ether oxygens (including phenoxy) is 1. The number of morpholine rings is 1. The Kier molecular flexibility index (Phi) is 10.8. The largest absolute Gasteiger partial charge is 0.379 e. The first-order valence-corrected chi connectivity index (χ1v) is 12.4. The summed E-state index contributed by atoms with van der Waals surface area (Å²) in [6, 6.07) is 0. The third-order valence-corrected chi connectivity index (χ3v) is 7.76. The van der Waals surface area contributed by atoms with E-state index < -0.39 is 0 Å². The van der Waals surface area contributed by atoms with Gasteiger partial charge in [0.2, 0.25) is 0 Å². The molecule has 0 aliphatic carbocycles. The number of rotatable bonds is 7. The normalized spacial score (nSPS) is 27.5. The van der Waals surface area contributed by atoms with Crippen LogP contribution in [-0.4, -0.2) is 97.4 Å². The van der Waals surface area contributed by atoms with E-state index in [0.29, 0.717) is 0 Å². The van der Waals surface area contributed by atoms with Crippen LogP contribution in [0.2, 0.25) is 0 Å². The standard InChI is InChI=1S/C21H41N5OS.HI/c1-4-22-19(23-16-20(2,3)25-9-6-5-7-10-25)24-17-21(8-15-28-18-21)26-11-13-27-14-12-26;/h4-18H2,1-3H3,(H2,22,23,24);1H. The van der Waals surface area contributed by atoms with E-state index in [0.717, 1.165) is 51.9 Å². The van der Waals surface area contributed by atoms with E-state index in [1.165, 1.54) is 50.3 Å². The number of aliphatic imine (C=N–C) groups is 1. The Labute approximate surface area is 199 Å². The van der Waals surface area contributed by atoms with Gasteiger partial charge in [0.25, 0.3) is 0 Å². The summed E-state index contributed by atoms with van der Waals surface area (Å²) in [7, 11) is 0. The number of guanidine groups is 1. The summed E-state index contributed by atoms with van der Waals surface area (Å²) in [6.07, 6.45) is 5.28. The van der Waals surface area contributed by atoms with E-state index in [-0.39, 0.29) is 35.1 Å². The van der Waals surface area contributed by atoms with Crippen LogP contribution in [0.1, 0.15) is 46.5 Å². The van der Waals surface area contributed by atoms with E-state index in [1.807, 2.05) is 0 Å². The topological polar surface area (TPSA) is 52.1 Å². The number of hydrogen-bond donors (Lipinski definition) is 2. The quantitative estimate of drug-likeness (QED) is 0.295. The number of nitrogens with zero attached hydrogens (tertiary/aromatic N) is 3. The molecule has 0 aromatic rings. The van der Waals surface area contributed by atoms with Crippen molar-refractivity contribution in [2.45, 2.75) is 57.5 Å². The summed E-state index contributed by atoms with van der Waals surface area (Å²) in [5, 5.41) is 7.17. The number of piperidine rings is 1. The molecule has 0 radical (unpaired) electrons. The van der Waals surface area contributed by atoms with Crippen molar-refractivity contribution in [1.82, 2.24) is 20.4 Å². The predicted molar refractivity (Wildman–Crippen MR) is 136 cm³/mol. The molecular formula is C21H42IN5OS. The van der Waals surface area contributed by atoms with Crippen molar-refractivity contribution in [2.75, 3.05) is 70.5 Å². The van der Waals surface area contributed by atoms with Gasteiger partial charge in [-0.05, 0) is 58.9 Å². The summed E-state index contributed by atoms with van der Waals surface area (Å²) in [6.45, 7) is 15.8. The molecule has 3 heterocycles. The number of halogens is 1. The van der Waals surface area contributed by atoms with Gasteiger partial charge in [-0.2, -0.15) is 11.8 Å². The molecule has 0 amide bonds. The first kappa shape index (κ1) is 25.5. The lowest BCUT2D eigenvalue weighted by molar-refractivity contribution is -0.0120. The molecule has 170 valence electrons. The van der Waals surface area contributed by atoms with Crippen LogP contribution in [0.5, 0.6) is 0 Å². The van der Waals surface area contributed by atoms with Gasteiger partial charge in [-0.3, -0.25) is 14.8 Å². The van der Waals surface area contributed by atoms with Gasteiger partial charge < -0.3 is 15.4 Å². The van der Waals surface area contributed by atoms with Crippen molar-refractivity contribution in [3.8, 4) is 0 Å². The maximum atomic E-state index is 5.59. The highest BCUT2D eigenvalue weighted by Crippen LogP contribution is 2.33. The lowest BCUT2D eigenvalue weighted by atomic mass is 9.95. The van der Waals surface area contributed by atoms with E-state index >= 15 is 0 Å². The molecule has 3 aliphatic heterocycles. The van der Waals surface area contributed by atoms with Gasteiger partial charge in [-0.25, -0.2) is 0 Å². The Morgan fingerprint density at radius 3 is 2.45 bits per heavy atom. The lowest BCUT2D eigenvalue weighted by Gasteiger charge is -2.43. The highest BCUT2D eigenvalue weighted by atomic mass is 127. The van der Waals surface area contributed by atoms with E-state index in [1.54, 1.807) is 0 Å². The molecule has 3 saturated heterocycles. The Bertz CT molecular complexity index is 501. The monoisotopic (exact) mass is 539 g/mol. The molecule has 6 nitrogen and oxygen atoms in total. The second kappa shape index (κ2) is 12.3. The minimum Gasteiger partial charge on any atom is -0.379 e. The van der Waals surface area contributed by atoms with Crippen molar-refractivity contribution in [1.29, 1.82) is 0 Å². The average molecular weight is 540 g/mol. The van der Waals surface area contributed by atoms with Crippen molar-refractivity contribution in [2.24, 2.45) is 4.99 Å². The van der Waals surface area contributed by atoms with Gasteiger partial charge in [0.15, 0.2) is 5.96 Å². The molecule has 0 saturated carbocycles. The van der Waals surface area contributed by atoms with Crippen LogP contribution >= 0.6 is 35.7 Å². The Balaban J connectivity index is 0.00000300. The fourth-order valence-electron chi connectivity index (χ4n) is 4.60. The SMILES string of the molecule is CCNC(=NCC(C)(C)N1CCCCC1)NCC1(N2CCOCC2)CCSC1.I. The summed E-state index contributed by atoms with van der Waals surface area (Å²) in [4.78, 5) is 10.3. The lowest BCUT2D eigenvalue weighted by Crippen LogP contribution is -2.60. The molecule has 0 aromatic heterocycles. The van der Waals surface area contributed by atoms with Crippen molar-refractivity contribution < 1.29 is 4.74 Å². The smallest absolute Gasteiger partial charge is 0.191 e. The van der Waals surface area contributed by atoms with Crippen LogP contribution in [0.15, 0.2) is 4.99 Å². The van der Waals surface area contributed by atoms with Crippen LogP contribution in [0.3, 0.4) is 0 Å². The predicted octanol–water partition coefficient (Wildman–Crippen LogP) is 2.63. The van der Waals surface area contributed by atoms with Gasteiger partial charge in [-0.15, -0.1) is 24.0 Å². The van der Waals surface area contributed by atoms with E-state index in [4.69, 9.17) is 9.73 Å². The first-order valence-electron chi connectivity index (χ1n) is 11.2. The highest BCUT2D eigenvalue weighted by molar-refractivity contribution is 14.0. The summed E-state index contributed by atoms with van der Waals surface area (Å²) in [5.41, 5.74) is 0.362. The Hall–Kier alpha value is 0.230. The van der Waals surface area contributed by atoms with Crippen molar-refractivity contribution >= 4 is 41.7 Å². The number of likely N-dealkylation sites (tertiary alicyclic amines) is 1. The molecule has 3 rings (SSSR count). The fraction of sp³-hybridized carbons (Fsp3) is 0.952. The summed E-state index contributed by atoms with van der Waals surface area (Å²) >= 11 is 2.09.